The number of amides is 1. The van der Waals surface area contributed by atoms with Gasteiger partial charge in [0, 0.05) is 25.2 Å². The van der Waals surface area contributed by atoms with E-state index in [1.54, 1.807) is 0 Å². The topological polar surface area (TPSA) is 113 Å². The lowest BCUT2D eigenvalue weighted by atomic mass is 9.83. The Morgan fingerprint density at radius 2 is 1.60 bits per heavy atom. The summed E-state index contributed by atoms with van der Waals surface area (Å²) in [5.74, 6) is -0.972. The normalized spacial score (nSPS) is 13.8. The Morgan fingerprint density at radius 1 is 1.04 bits per heavy atom. The van der Waals surface area contributed by atoms with E-state index in [-0.39, 0.29) is 32.9 Å². The van der Waals surface area contributed by atoms with Gasteiger partial charge in [0.2, 0.25) is 0 Å². The molecule has 2 aromatic rings. The predicted octanol–water partition coefficient (Wildman–Crippen LogP) is 1.50. The Morgan fingerprint density at radius 3 is 2.20 bits per heavy atom. The van der Waals surface area contributed by atoms with Crippen LogP contribution in [-0.4, -0.2) is 41.2 Å². The van der Waals surface area contributed by atoms with Crippen molar-refractivity contribution in [3.05, 3.63) is 58.7 Å². The second-order valence-electron chi connectivity index (χ2n) is 5.58. The second kappa shape index (κ2) is 6.32. The van der Waals surface area contributed by atoms with Crippen molar-refractivity contribution >= 4 is 29.0 Å². The van der Waals surface area contributed by atoms with E-state index in [0.717, 1.165) is 0 Å². The number of carbonyl (C=O) groups excluding carboxylic acids is 3. The molecule has 2 N–H and O–H groups in total. The number of nitrogens with zero attached hydrogens (tertiary/aromatic N) is 1. The quantitative estimate of drug-likeness (QED) is 0.695. The molecule has 0 spiro atoms. The summed E-state index contributed by atoms with van der Waals surface area (Å²) in [6, 6.07) is 8.82. The van der Waals surface area contributed by atoms with Gasteiger partial charge in [0.05, 0.1) is 22.5 Å². The van der Waals surface area contributed by atoms with Crippen molar-refractivity contribution in [3.8, 4) is 5.75 Å². The molecule has 0 radical (unpaired) electrons. The molecule has 1 amide bonds. The lowest BCUT2D eigenvalue weighted by molar-refractivity contribution is 0.0973. The van der Waals surface area contributed by atoms with Crippen LogP contribution in [0.1, 0.15) is 31.8 Å². The van der Waals surface area contributed by atoms with E-state index in [4.69, 9.17) is 9.88 Å². The smallest absolute Gasteiger partial charge is 0.414 e. The molecule has 0 aromatic heterocycles. The summed E-state index contributed by atoms with van der Waals surface area (Å²) < 4.78 is 16.9. The van der Waals surface area contributed by atoms with E-state index >= 15 is 0 Å². The first kappa shape index (κ1) is 17.2. The highest BCUT2D eigenvalue weighted by molar-refractivity contribution is 7.89. The van der Waals surface area contributed by atoms with Crippen LogP contribution in [0.4, 0.5) is 4.79 Å². The summed E-state index contributed by atoms with van der Waals surface area (Å²) in [7, 11) is 3.01. The van der Waals surface area contributed by atoms with Crippen molar-refractivity contribution in [3.63, 3.8) is 0 Å². The van der Waals surface area contributed by atoms with E-state index in [1.807, 2.05) is 0 Å². The summed E-state index contributed by atoms with van der Waals surface area (Å²) in [4.78, 5) is 38.9. The molecule has 0 aliphatic heterocycles. The first-order chi connectivity index (χ1) is 11.8. The Labute approximate surface area is 146 Å². The van der Waals surface area contributed by atoms with Crippen LogP contribution in [-0.2, 0) is 11.4 Å². The SMILES string of the molecule is CN(C)C(=O)Oc1cccc2c1C(=O)c1cccc([S+](N)[O-])c1C2=O. The third kappa shape index (κ3) is 2.80. The van der Waals surface area contributed by atoms with E-state index < -0.39 is 29.0 Å². The van der Waals surface area contributed by atoms with Gasteiger partial charge in [-0.1, -0.05) is 18.2 Å². The van der Waals surface area contributed by atoms with Crippen molar-refractivity contribution in [2.45, 2.75) is 4.90 Å². The van der Waals surface area contributed by atoms with Gasteiger partial charge in [-0.05, 0) is 18.2 Å². The Kier molecular flexibility index (Phi) is 4.34. The third-order valence-corrected chi connectivity index (χ3v) is 4.55. The molecule has 1 unspecified atom stereocenters. The van der Waals surface area contributed by atoms with E-state index in [2.05, 4.69) is 0 Å². The fraction of sp³-hybridized carbons (Fsp3) is 0.118. The summed E-state index contributed by atoms with van der Waals surface area (Å²) >= 11 is -1.92. The zero-order valence-corrected chi connectivity index (χ0v) is 14.3. The lowest BCUT2D eigenvalue weighted by Crippen LogP contribution is -2.29. The number of ketones is 2. The van der Waals surface area contributed by atoms with E-state index in [9.17, 15) is 18.9 Å². The number of ether oxygens (including phenoxy) is 1. The molecule has 0 fully saturated rings. The number of carbonyl (C=O) groups is 3. The van der Waals surface area contributed by atoms with Crippen LogP contribution in [0, 0.1) is 0 Å². The van der Waals surface area contributed by atoms with Gasteiger partial charge in [-0.25, -0.2) is 4.79 Å². The average Bonchev–Trinajstić information content (AvgIpc) is 2.58. The Hall–Kier alpha value is -2.68. The van der Waals surface area contributed by atoms with Gasteiger partial charge in [0.15, 0.2) is 16.5 Å². The highest BCUT2D eigenvalue weighted by atomic mass is 32.2. The largest absolute Gasteiger partial charge is 0.593 e. The molecule has 1 aliphatic carbocycles. The standard InChI is InChI=1S/C17H14N2O5S/c1-19(2)17(22)24-11-7-3-5-9-13(11)15(20)10-6-4-8-12(25(18)23)14(10)16(9)21/h3-8H,18H2,1-2H3. The first-order valence-electron chi connectivity index (χ1n) is 7.23. The molecule has 0 saturated carbocycles. The molecule has 0 bridgehead atoms. The van der Waals surface area contributed by atoms with Crippen LogP contribution in [0.2, 0.25) is 0 Å². The molecule has 3 rings (SSSR count). The first-order valence-corrected chi connectivity index (χ1v) is 8.45. The zero-order chi connectivity index (χ0) is 18.3. The van der Waals surface area contributed by atoms with Crippen LogP contribution in [0.25, 0.3) is 0 Å². The number of rotatable bonds is 2. The average molecular weight is 358 g/mol. The summed E-state index contributed by atoms with van der Waals surface area (Å²) in [5, 5.41) is 5.43. The van der Waals surface area contributed by atoms with Crippen molar-refractivity contribution < 1.29 is 23.7 Å². The maximum Gasteiger partial charge on any atom is 0.414 e. The van der Waals surface area contributed by atoms with Crippen LogP contribution in [0.5, 0.6) is 5.75 Å². The number of hydrogen-bond donors (Lipinski definition) is 1. The van der Waals surface area contributed by atoms with Gasteiger partial charge in [0.1, 0.15) is 5.75 Å². The van der Waals surface area contributed by atoms with Crippen molar-refractivity contribution in [1.29, 1.82) is 0 Å². The van der Waals surface area contributed by atoms with Gasteiger partial charge in [-0.3, -0.25) is 9.59 Å². The molecule has 0 saturated heterocycles. The molecule has 0 heterocycles. The van der Waals surface area contributed by atoms with Gasteiger partial charge in [-0.2, -0.15) is 0 Å². The fourth-order valence-electron chi connectivity index (χ4n) is 2.62. The number of hydrogen-bond acceptors (Lipinski definition) is 6. The maximum absolute atomic E-state index is 12.9. The number of fused-ring (bicyclic) bond motifs is 2. The van der Waals surface area contributed by atoms with Gasteiger partial charge in [-0.15, -0.1) is 5.14 Å². The molecule has 2 aromatic carbocycles. The number of benzene rings is 2. The summed E-state index contributed by atoms with van der Waals surface area (Å²) in [6.07, 6.45) is -0.670. The maximum atomic E-state index is 12.9. The van der Waals surface area contributed by atoms with Gasteiger partial charge < -0.3 is 14.2 Å². The molecular formula is C17H14N2O5S. The summed E-state index contributed by atoms with van der Waals surface area (Å²) in [6.45, 7) is 0. The highest BCUT2D eigenvalue weighted by Crippen LogP contribution is 2.35. The molecule has 25 heavy (non-hydrogen) atoms. The Bertz CT molecular complexity index is 908. The number of nitrogens with two attached hydrogens (primary N) is 1. The Balaban J connectivity index is 2.19. The van der Waals surface area contributed by atoms with Gasteiger partial charge in [0.25, 0.3) is 0 Å². The summed E-state index contributed by atoms with van der Waals surface area (Å²) in [5.41, 5.74) is 0.202. The molecular weight excluding hydrogens is 344 g/mol. The third-order valence-electron chi connectivity index (χ3n) is 3.77. The molecule has 7 nitrogen and oxygen atoms in total. The monoisotopic (exact) mass is 358 g/mol. The molecule has 1 atom stereocenters. The molecule has 128 valence electrons. The zero-order valence-electron chi connectivity index (χ0n) is 13.4. The second-order valence-corrected chi connectivity index (χ2v) is 6.61. The predicted molar refractivity (Wildman–Crippen MR) is 90.1 cm³/mol. The van der Waals surface area contributed by atoms with Crippen LogP contribution >= 0.6 is 0 Å². The minimum Gasteiger partial charge on any atom is -0.593 e. The van der Waals surface area contributed by atoms with Crippen molar-refractivity contribution in [1.82, 2.24) is 4.90 Å². The van der Waals surface area contributed by atoms with E-state index in [1.165, 1.54) is 55.4 Å². The van der Waals surface area contributed by atoms with Crippen LogP contribution < -0.4 is 9.88 Å². The van der Waals surface area contributed by atoms with Crippen LogP contribution in [0.15, 0.2) is 41.3 Å². The van der Waals surface area contributed by atoms with E-state index in [0.29, 0.717) is 0 Å². The highest BCUT2D eigenvalue weighted by Gasteiger charge is 2.37. The van der Waals surface area contributed by atoms with Crippen molar-refractivity contribution in [2.75, 3.05) is 14.1 Å². The van der Waals surface area contributed by atoms with Crippen molar-refractivity contribution in [2.24, 2.45) is 5.14 Å². The minimum absolute atomic E-state index is 0.000487. The van der Waals surface area contributed by atoms with Gasteiger partial charge >= 0.3 is 6.09 Å². The lowest BCUT2D eigenvalue weighted by Gasteiger charge is -2.21. The minimum atomic E-state index is -1.92. The fourth-order valence-corrected chi connectivity index (χ4v) is 3.23. The van der Waals surface area contributed by atoms with Crippen LogP contribution in [0.3, 0.4) is 0 Å². The molecule has 1 aliphatic rings. The molecule has 8 heteroatoms.